The third kappa shape index (κ3) is 6.12. The first-order valence-corrected chi connectivity index (χ1v) is 7.43. The number of aliphatic hydroxyl groups is 1. The van der Waals surface area contributed by atoms with Gasteiger partial charge in [-0.2, -0.15) is 0 Å². The highest BCUT2D eigenvalue weighted by Gasteiger charge is 2.20. The molecule has 1 atom stereocenters. The first-order valence-electron chi connectivity index (χ1n) is 6.55. The van der Waals surface area contributed by atoms with E-state index >= 15 is 0 Å². The van der Waals surface area contributed by atoms with E-state index in [1.807, 2.05) is 51.1 Å². The van der Waals surface area contributed by atoms with Crippen molar-refractivity contribution in [2.45, 2.75) is 37.3 Å². The van der Waals surface area contributed by atoms with Crippen molar-refractivity contribution in [2.24, 2.45) is 5.41 Å². The topological polar surface area (TPSA) is 49.3 Å². The van der Waals surface area contributed by atoms with Gasteiger partial charge in [0.05, 0.1) is 5.25 Å². The molecule has 0 bridgehead atoms. The van der Waals surface area contributed by atoms with Gasteiger partial charge >= 0.3 is 0 Å². The number of nitrogens with one attached hydrogen (secondary N) is 1. The molecule has 3 nitrogen and oxygen atoms in total. The quantitative estimate of drug-likeness (QED) is 0.756. The van der Waals surface area contributed by atoms with Gasteiger partial charge in [0.2, 0.25) is 5.91 Å². The van der Waals surface area contributed by atoms with Crippen LogP contribution in [0.5, 0.6) is 0 Å². The molecule has 0 radical (unpaired) electrons. The van der Waals surface area contributed by atoms with E-state index < -0.39 is 0 Å². The van der Waals surface area contributed by atoms with Gasteiger partial charge < -0.3 is 10.4 Å². The molecule has 0 aliphatic heterocycles. The molecule has 106 valence electrons. The van der Waals surface area contributed by atoms with Crippen molar-refractivity contribution in [2.75, 3.05) is 13.2 Å². The van der Waals surface area contributed by atoms with Crippen LogP contribution in [0.25, 0.3) is 0 Å². The van der Waals surface area contributed by atoms with E-state index in [2.05, 4.69) is 5.32 Å². The lowest BCUT2D eigenvalue weighted by Gasteiger charge is -2.24. The fourth-order valence-electron chi connectivity index (χ4n) is 1.62. The Morgan fingerprint density at radius 3 is 2.58 bits per heavy atom. The summed E-state index contributed by atoms with van der Waals surface area (Å²) in [5.74, 6) is 0.0415. The SMILES string of the molecule is CC(Sc1ccccc1)C(=O)NCC(C)(C)CCO. The number of amides is 1. The fraction of sp³-hybridized carbons (Fsp3) is 0.533. The van der Waals surface area contributed by atoms with Crippen molar-refractivity contribution in [3.8, 4) is 0 Å². The van der Waals surface area contributed by atoms with Crippen LogP contribution in [0.4, 0.5) is 0 Å². The zero-order chi connectivity index (χ0) is 14.3. The lowest BCUT2D eigenvalue weighted by atomic mass is 9.90. The average molecular weight is 281 g/mol. The summed E-state index contributed by atoms with van der Waals surface area (Å²) in [6, 6.07) is 9.91. The molecule has 1 unspecified atom stereocenters. The Hall–Kier alpha value is -1.00. The standard InChI is InChI=1S/C15H23NO2S/c1-12(19-13-7-5-4-6-8-13)14(18)16-11-15(2,3)9-10-17/h4-8,12,17H,9-11H2,1-3H3,(H,16,18). The Kier molecular flexibility index (Phi) is 6.38. The van der Waals surface area contributed by atoms with Gasteiger partial charge in [-0.15, -0.1) is 11.8 Å². The van der Waals surface area contributed by atoms with Gasteiger partial charge in [0.15, 0.2) is 0 Å². The second kappa shape index (κ2) is 7.56. The van der Waals surface area contributed by atoms with Crippen molar-refractivity contribution < 1.29 is 9.90 Å². The van der Waals surface area contributed by atoms with Gasteiger partial charge in [-0.1, -0.05) is 32.0 Å². The minimum Gasteiger partial charge on any atom is -0.396 e. The molecule has 0 fully saturated rings. The minimum absolute atomic E-state index is 0.0415. The third-order valence-corrected chi connectivity index (χ3v) is 4.07. The molecular formula is C15H23NO2S. The zero-order valence-electron chi connectivity index (χ0n) is 11.8. The smallest absolute Gasteiger partial charge is 0.233 e. The Labute approximate surface area is 119 Å². The highest BCUT2D eigenvalue weighted by atomic mass is 32.2. The predicted octanol–water partition coefficient (Wildman–Crippen LogP) is 2.69. The molecule has 0 aliphatic carbocycles. The molecule has 0 aromatic heterocycles. The van der Waals surface area contributed by atoms with E-state index in [-0.39, 0.29) is 23.2 Å². The second-order valence-corrected chi connectivity index (χ2v) is 6.84. The molecule has 0 aliphatic rings. The summed E-state index contributed by atoms with van der Waals surface area (Å²) >= 11 is 1.55. The van der Waals surface area contributed by atoms with Gasteiger partial charge in [0.25, 0.3) is 0 Å². The normalized spacial score (nSPS) is 13.1. The van der Waals surface area contributed by atoms with Gasteiger partial charge in [-0.25, -0.2) is 0 Å². The van der Waals surface area contributed by atoms with Crippen LogP contribution in [0, 0.1) is 5.41 Å². The first-order chi connectivity index (χ1) is 8.94. The van der Waals surface area contributed by atoms with Crippen LogP contribution >= 0.6 is 11.8 Å². The molecule has 19 heavy (non-hydrogen) atoms. The fourth-order valence-corrected chi connectivity index (χ4v) is 2.53. The number of thioether (sulfide) groups is 1. The van der Waals surface area contributed by atoms with E-state index in [0.717, 1.165) is 4.90 Å². The highest BCUT2D eigenvalue weighted by Crippen LogP contribution is 2.23. The van der Waals surface area contributed by atoms with E-state index in [1.54, 1.807) is 11.8 Å². The monoisotopic (exact) mass is 281 g/mol. The molecule has 0 heterocycles. The third-order valence-electron chi connectivity index (χ3n) is 2.96. The van der Waals surface area contributed by atoms with E-state index in [1.165, 1.54) is 0 Å². The van der Waals surface area contributed by atoms with Crippen LogP contribution in [0.3, 0.4) is 0 Å². The predicted molar refractivity (Wildman–Crippen MR) is 80.3 cm³/mol. The Morgan fingerprint density at radius 1 is 1.37 bits per heavy atom. The second-order valence-electron chi connectivity index (χ2n) is 5.43. The van der Waals surface area contributed by atoms with Gasteiger partial charge in [0, 0.05) is 18.0 Å². The minimum atomic E-state index is -0.118. The summed E-state index contributed by atoms with van der Waals surface area (Å²) in [4.78, 5) is 13.1. The summed E-state index contributed by atoms with van der Waals surface area (Å²) in [6.45, 7) is 6.73. The van der Waals surface area contributed by atoms with Crippen LogP contribution < -0.4 is 5.32 Å². The van der Waals surface area contributed by atoms with E-state index in [9.17, 15) is 4.79 Å². The number of rotatable bonds is 7. The lowest BCUT2D eigenvalue weighted by Crippen LogP contribution is -2.38. The summed E-state index contributed by atoms with van der Waals surface area (Å²) in [5.41, 5.74) is -0.0679. The van der Waals surface area contributed by atoms with Gasteiger partial charge in [0.1, 0.15) is 0 Å². The maximum atomic E-state index is 12.0. The van der Waals surface area contributed by atoms with E-state index in [4.69, 9.17) is 5.11 Å². The van der Waals surface area contributed by atoms with Crippen molar-refractivity contribution in [3.05, 3.63) is 30.3 Å². The van der Waals surface area contributed by atoms with E-state index in [0.29, 0.717) is 13.0 Å². The summed E-state index contributed by atoms with van der Waals surface area (Å²) in [6.07, 6.45) is 0.688. The maximum Gasteiger partial charge on any atom is 0.233 e. The summed E-state index contributed by atoms with van der Waals surface area (Å²) in [5, 5.41) is 11.8. The van der Waals surface area contributed by atoms with Crippen LogP contribution in [0.15, 0.2) is 35.2 Å². The molecular weight excluding hydrogens is 258 g/mol. The van der Waals surface area contributed by atoms with Crippen molar-refractivity contribution in [3.63, 3.8) is 0 Å². The zero-order valence-corrected chi connectivity index (χ0v) is 12.7. The number of hydrogen-bond donors (Lipinski definition) is 2. The number of benzene rings is 1. The molecule has 1 aromatic carbocycles. The number of carbonyl (C=O) groups excluding carboxylic acids is 1. The summed E-state index contributed by atoms with van der Waals surface area (Å²) in [7, 11) is 0. The lowest BCUT2D eigenvalue weighted by molar-refractivity contribution is -0.120. The van der Waals surface area contributed by atoms with Crippen LogP contribution in [0.2, 0.25) is 0 Å². The van der Waals surface area contributed by atoms with Gasteiger partial charge in [-0.05, 0) is 30.9 Å². The maximum absolute atomic E-state index is 12.0. The number of hydrogen-bond acceptors (Lipinski definition) is 3. The molecule has 1 amide bonds. The Balaban J connectivity index is 2.41. The first kappa shape index (κ1) is 16.1. The van der Waals surface area contributed by atoms with Crippen molar-refractivity contribution >= 4 is 17.7 Å². The Bertz CT molecular complexity index is 392. The molecule has 4 heteroatoms. The largest absolute Gasteiger partial charge is 0.396 e. The molecule has 1 aromatic rings. The Morgan fingerprint density at radius 2 is 2.00 bits per heavy atom. The molecule has 1 rings (SSSR count). The highest BCUT2D eigenvalue weighted by molar-refractivity contribution is 8.00. The molecule has 0 saturated heterocycles. The van der Waals surface area contributed by atoms with Crippen molar-refractivity contribution in [1.29, 1.82) is 0 Å². The van der Waals surface area contributed by atoms with Crippen molar-refractivity contribution in [1.82, 2.24) is 5.32 Å². The van der Waals surface area contributed by atoms with Crippen LogP contribution in [0.1, 0.15) is 27.2 Å². The molecule has 0 saturated carbocycles. The average Bonchev–Trinajstić information content (AvgIpc) is 2.37. The molecule has 0 spiro atoms. The van der Waals surface area contributed by atoms with Crippen LogP contribution in [-0.4, -0.2) is 29.4 Å². The number of aliphatic hydroxyl groups excluding tert-OH is 1. The number of carbonyl (C=O) groups is 1. The van der Waals surface area contributed by atoms with Gasteiger partial charge in [-0.3, -0.25) is 4.79 Å². The molecule has 2 N–H and O–H groups in total. The van der Waals surface area contributed by atoms with Crippen LogP contribution in [-0.2, 0) is 4.79 Å². The summed E-state index contributed by atoms with van der Waals surface area (Å²) < 4.78 is 0.